The van der Waals surface area contributed by atoms with E-state index in [0.29, 0.717) is 29.0 Å². The van der Waals surface area contributed by atoms with Gasteiger partial charge in [0.25, 0.3) is 0 Å². The number of hydrogen-bond acceptors (Lipinski definition) is 7. The van der Waals surface area contributed by atoms with Crippen molar-refractivity contribution in [3.63, 3.8) is 0 Å². The van der Waals surface area contributed by atoms with Crippen molar-refractivity contribution in [1.82, 2.24) is 9.97 Å². The summed E-state index contributed by atoms with van der Waals surface area (Å²) < 4.78 is 5.33. The lowest BCUT2D eigenvalue weighted by Gasteiger charge is -2.05. The molecule has 21 heavy (non-hydrogen) atoms. The molecule has 0 atom stereocenters. The van der Waals surface area contributed by atoms with Gasteiger partial charge in [0.15, 0.2) is 10.9 Å². The number of ether oxygens (including phenoxy) is 1. The largest absolute Gasteiger partial charge is 0.494 e. The Morgan fingerprint density at radius 1 is 1.19 bits per heavy atom. The lowest BCUT2D eigenvalue weighted by Crippen LogP contribution is -2.05. The van der Waals surface area contributed by atoms with E-state index in [1.165, 1.54) is 17.8 Å². The molecule has 0 fully saturated rings. The maximum atomic E-state index is 12.1. The van der Waals surface area contributed by atoms with Gasteiger partial charge >= 0.3 is 0 Å². The normalized spacial score (nSPS) is 10.3. The standard InChI is InChI=1S/C14H16N4O2S/c1-2-20-10-5-3-9(4-6-10)11(19)8-21-14-17-12(15)7-13(16)18-14/h3-7H,2,8H2,1H3,(H4,15,16,17,18). The molecule has 0 aliphatic carbocycles. The summed E-state index contributed by atoms with van der Waals surface area (Å²) in [6.45, 7) is 2.50. The van der Waals surface area contributed by atoms with Gasteiger partial charge in [-0.3, -0.25) is 4.79 Å². The molecule has 0 radical (unpaired) electrons. The van der Waals surface area contributed by atoms with Crippen molar-refractivity contribution in [2.45, 2.75) is 12.1 Å². The van der Waals surface area contributed by atoms with Gasteiger partial charge in [0, 0.05) is 11.6 Å². The Labute approximate surface area is 126 Å². The number of carbonyl (C=O) groups excluding carboxylic acids is 1. The molecule has 110 valence electrons. The fourth-order valence-electron chi connectivity index (χ4n) is 1.64. The van der Waals surface area contributed by atoms with Gasteiger partial charge in [0.05, 0.1) is 12.4 Å². The summed E-state index contributed by atoms with van der Waals surface area (Å²) in [5.41, 5.74) is 11.8. The van der Waals surface area contributed by atoms with Gasteiger partial charge in [-0.15, -0.1) is 0 Å². The van der Waals surface area contributed by atoms with Crippen molar-refractivity contribution in [3.8, 4) is 5.75 Å². The second kappa shape index (κ2) is 6.94. The molecule has 2 aromatic rings. The van der Waals surface area contributed by atoms with Crippen LogP contribution in [-0.4, -0.2) is 28.1 Å². The number of thioether (sulfide) groups is 1. The smallest absolute Gasteiger partial charge is 0.191 e. The van der Waals surface area contributed by atoms with Gasteiger partial charge in [-0.25, -0.2) is 9.97 Å². The minimum Gasteiger partial charge on any atom is -0.494 e. The van der Waals surface area contributed by atoms with Crippen molar-refractivity contribution in [2.75, 3.05) is 23.8 Å². The zero-order valence-electron chi connectivity index (χ0n) is 11.6. The van der Waals surface area contributed by atoms with Crippen molar-refractivity contribution in [3.05, 3.63) is 35.9 Å². The summed E-state index contributed by atoms with van der Waals surface area (Å²) in [4.78, 5) is 20.1. The monoisotopic (exact) mass is 304 g/mol. The number of rotatable bonds is 6. The predicted molar refractivity (Wildman–Crippen MR) is 83.5 cm³/mol. The highest BCUT2D eigenvalue weighted by Crippen LogP contribution is 2.19. The summed E-state index contributed by atoms with van der Waals surface area (Å²) in [5, 5.41) is 0.395. The number of aromatic nitrogens is 2. The number of nitrogen functional groups attached to an aromatic ring is 2. The highest BCUT2D eigenvalue weighted by Gasteiger charge is 2.09. The second-order valence-corrected chi connectivity index (χ2v) is 5.11. The van der Waals surface area contributed by atoms with E-state index in [2.05, 4.69) is 9.97 Å². The SMILES string of the molecule is CCOc1ccc(C(=O)CSc2nc(N)cc(N)n2)cc1. The fraction of sp³-hybridized carbons (Fsp3) is 0.214. The topological polar surface area (TPSA) is 104 Å². The van der Waals surface area contributed by atoms with Crippen LogP contribution in [0.4, 0.5) is 11.6 Å². The van der Waals surface area contributed by atoms with Crippen LogP contribution in [0.3, 0.4) is 0 Å². The summed E-state index contributed by atoms with van der Waals surface area (Å²) in [5.74, 6) is 1.52. The quantitative estimate of drug-likeness (QED) is 0.478. The van der Waals surface area contributed by atoms with Crippen LogP contribution in [0.15, 0.2) is 35.5 Å². The van der Waals surface area contributed by atoms with Crippen LogP contribution in [0.1, 0.15) is 17.3 Å². The van der Waals surface area contributed by atoms with Gasteiger partial charge in [-0.05, 0) is 31.2 Å². The third-order valence-electron chi connectivity index (χ3n) is 2.56. The van der Waals surface area contributed by atoms with E-state index in [4.69, 9.17) is 16.2 Å². The van der Waals surface area contributed by atoms with Gasteiger partial charge in [0.1, 0.15) is 17.4 Å². The number of ketones is 1. The molecule has 0 amide bonds. The molecule has 0 aliphatic rings. The summed E-state index contributed by atoms with van der Waals surface area (Å²) in [7, 11) is 0. The molecular weight excluding hydrogens is 288 g/mol. The lowest BCUT2D eigenvalue weighted by atomic mass is 10.1. The molecule has 0 bridgehead atoms. The molecule has 0 saturated carbocycles. The zero-order chi connectivity index (χ0) is 15.2. The predicted octanol–water partition coefficient (Wildman–Crippen LogP) is 2.01. The molecule has 1 aromatic heterocycles. The van der Waals surface area contributed by atoms with Crippen LogP contribution in [0, 0.1) is 0 Å². The summed E-state index contributed by atoms with van der Waals surface area (Å²) >= 11 is 1.20. The average Bonchev–Trinajstić information content (AvgIpc) is 2.45. The first-order chi connectivity index (χ1) is 10.1. The molecule has 4 N–H and O–H groups in total. The lowest BCUT2D eigenvalue weighted by molar-refractivity contribution is 0.102. The van der Waals surface area contributed by atoms with Crippen molar-refractivity contribution in [2.24, 2.45) is 0 Å². The molecule has 0 aliphatic heterocycles. The van der Waals surface area contributed by atoms with Crippen molar-refractivity contribution >= 4 is 29.2 Å². The number of Topliss-reactive ketones (excluding diaryl/α,β-unsaturated/α-hetero) is 1. The van der Waals surface area contributed by atoms with E-state index in [-0.39, 0.29) is 11.5 Å². The minimum absolute atomic E-state index is 0.0207. The van der Waals surface area contributed by atoms with Crippen LogP contribution < -0.4 is 16.2 Å². The number of carbonyl (C=O) groups is 1. The summed E-state index contributed by atoms with van der Waals surface area (Å²) in [6, 6.07) is 8.50. The number of nitrogens with zero attached hydrogens (tertiary/aromatic N) is 2. The highest BCUT2D eigenvalue weighted by molar-refractivity contribution is 7.99. The van der Waals surface area contributed by atoms with Crippen LogP contribution >= 0.6 is 11.8 Å². The van der Waals surface area contributed by atoms with Crippen molar-refractivity contribution in [1.29, 1.82) is 0 Å². The maximum Gasteiger partial charge on any atom is 0.191 e. The first kappa shape index (κ1) is 15.1. The van der Waals surface area contributed by atoms with Gasteiger partial charge in [-0.2, -0.15) is 0 Å². The third kappa shape index (κ3) is 4.35. The Morgan fingerprint density at radius 2 is 1.81 bits per heavy atom. The van der Waals surface area contributed by atoms with E-state index in [9.17, 15) is 4.79 Å². The van der Waals surface area contributed by atoms with Crippen molar-refractivity contribution < 1.29 is 9.53 Å². The van der Waals surface area contributed by atoms with Crippen LogP contribution in [-0.2, 0) is 0 Å². The Kier molecular flexibility index (Phi) is 4.99. The van der Waals surface area contributed by atoms with Gasteiger partial charge < -0.3 is 16.2 Å². The van der Waals surface area contributed by atoms with Crippen LogP contribution in [0.2, 0.25) is 0 Å². The minimum atomic E-state index is -0.0207. The molecule has 1 aromatic carbocycles. The first-order valence-corrected chi connectivity index (χ1v) is 7.36. The fourth-order valence-corrected chi connectivity index (χ4v) is 2.41. The number of nitrogens with two attached hydrogens (primary N) is 2. The Balaban J connectivity index is 1.97. The first-order valence-electron chi connectivity index (χ1n) is 6.37. The Hall–Kier alpha value is -2.28. The Morgan fingerprint density at radius 3 is 2.38 bits per heavy atom. The molecule has 0 saturated heterocycles. The van der Waals surface area contributed by atoms with E-state index in [1.807, 2.05) is 6.92 Å². The van der Waals surface area contributed by atoms with Crippen LogP contribution in [0.5, 0.6) is 5.75 Å². The second-order valence-electron chi connectivity index (χ2n) is 4.17. The number of benzene rings is 1. The number of hydrogen-bond donors (Lipinski definition) is 2. The molecule has 2 rings (SSSR count). The van der Waals surface area contributed by atoms with E-state index in [0.717, 1.165) is 5.75 Å². The van der Waals surface area contributed by atoms with E-state index < -0.39 is 0 Å². The van der Waals surface area contributed by atoms with E-state index >= 15 is 0 Å². The zero-order valence-corrected chi connectivity index (χ0v) is 12.4. The van der Waals surface area contributed by atoms with Gasteiger partial charge in [0.2, 0.25) is 0 Å². The Bertz CT molecular complexity index is 611. The molecule has 1 heterocycles. The highest BCUT2D eigenvalue weighted by atomic mass is 32.2. The summed E-state index contributed by atoms with van der Waals surface area (Å²) in [6.07, 6.45) is 0. The average molecular weight is 304 g/mol. The number of anilines is 2. The molecule has 6 nitrogen and oxygen atoms in total. The van der Waals surface area contributed by atoms with E-state index in [1.54, 1.807) is 24.3 Å². The van der Waals surface area contributed by atoms with Crippen LogP contribution in [0.25, 0.3) is 0 Å². The van der Waals surface area contributed by atoms with Gasteiger partial charge in [-0.1, -0.05) is 11.8 Å². The molecule has 0 unspecified atom stereocenters. The molecule has 0 spiro atoms. The maximum absolute atomic E-state index is 12.1. The third-order valence-corrected chi connectivity index (χ3v) is 3.41. The molecule has 7 heteroatoms. The molecular formula is C14H16N4O2S.